The number of rotatable bonds is 4. The lowest BCUT2D eigenvalue weighted by Crippen LogP contribution is -2.36. The molecule has 0 spiro atoms. The average Bonchev–Trinajstić information content (AvgIpc) is 2.63. The van der Waals surface area contributed by atoms with E-state index in [-0.39, 0.29) is 17.2 Å². The standard InChI is InChI=1S/C18H17BrN2O4/c19-13-3-1-12(2-4-13)17(22)20-16-6-5-14(11-15(16)18(23)24)21-7-9-25-10-8-21/h1-6,11H,7-10H2,(H,20,22)(H,23,24). The Balaban J connectivity index is 1.83. The minimum absolute atomic E-state index is 0.0643. The van der Waals surface area contributed by atoms with Gasteiger partial charge in [-0.15, -0.1) is 0 Å². The van der Waals surface area contributed by atoms with E-state index in [0.29, 0.717) is 31.9 Å². The Morgan fingerprint density at radius 2 is 1.76 bits per heavy atom. The normalized spacial score (nSPS) is 14.2. The number of anilines is 2. The smallest absolute Gasteiger partial charge is 0.337 e. The van der Waals surface area contributed by atoms with Gasteiger partial charge >= 0.3 is 5.97 Å². The average molecular weight is 405 g/mol. The van der Waals surface area contributed by atoms with Gasteiger partial charge < -0.3 is 20.1 Å². The molecule has 130 valence electrons. The zero-order chi connectivity index (χ0) is 17.8. The van der Waals surface area contributed by atoms with E-state index in [4.69, 9.17) is 4.74 Å². The number of halogens is 1. The van der Waals surface area contributed by atoms with Crippen LogP contribution in [-0.4, -0.2) is 43.3 Å². The Hall–Kier alpha value is -2.38. The van der Waals surface area contributed by atoms with Crippen LogP contribution in [0.3, 0.4) is 0 Å². The number of morpholine rings is 1. The second-order valence-electron chi connectivity index (χ2n) is 5.60. The highest BCUT2D eigenvalue weighted by Crippen LogP contribution is 2.25. The summed E-state index contributed by atoms with van der Waals surface area (Å²) < 4.78 is 6.18. The fraction of sp³-hybridized carbons (Fsp3) is 0.222. The van der Waals surface area contributed by atoms with Gasteiger partial charge in [0.15, 0.2) is 0 Å². The molecule has 1 saturated heterocycles. The van der Waals surface area contributed by atoms with Crippen molar-refractivity contribution < 1.29 is 19.4 Å². The lowest BCUT2D eigenvalue weighted by atomic mass is 10.1. The van der Waals surface area contributed by atoms with E-state index in [1.807, 2.05) is 6.07 Å². The minimum Gasteiger partial charge on any atom is -0.478 e. The third kappa shape index (κ3) is 4.18. The number of nitrogens with zero attached hydrogens (tertiary/aromatic N) is 1. The molecule has 0 atom stereocenters. The first kappa shape index (κ1) is 17.4. The second-order valence-corrected chi connectivity index (χ2v) is 6.51. The SMILES string of the molecule is O=C(Nc1ccc(N2CCOCC2)cc1C(=O)O)c1ccc(Br)cc1. The molecule has 25 heavy (non-hydrogen) atoms. The van der Waals surface area contributed by atoms with Gasteiger partial charge in [0.1, 0.15) is 0 Å². The first-order valence-electron chi connectivity index (χ1n) is 7.81. The van der Waals surface area contributed by atoms with Crippen molar-refractivity contribution in [2.75, 3.05) is 36.5 Å². The van der Waals surface area contributed by atoms with Crippen LogP contribution in [0.1, 0.15) is 20.7 Å². The van der Waals surface area contributed by atoms with Crippen molar-refractivity contribution in [3.8, 4) is 0 Å². The predicted molar refractivity (Wildman–Crippen MR) is 98.5 cm³/mol. The largest absolute Gasteiger partial charge is 0.478 e. The van der Waals surface area contributed by atoms with Crippen molar-refractivity contribution in [3.05, 3.63) is 58.1 Å². The summed E-state index contributed by atoms with van der Waals surface area (Å²) in [4.78, 5) is 26.0. The summed E-state index contributed by atoms with van der Waals surface area (Å²) in [6.07, 6.45) is 0. The zero-order valence-electron chi connectivity index (χ0n) is 13.4. The number of ether oxygens (including phenoxy) is 1. The van der Waals surface area contributed by atoms with Gasteiger partial charge in [-0.2, -0.15) is 0 Å². The first-order valence-corrected chi connectivity index (χ1v) is 8.61. The maximum Gasteiger partial charge on any atom is 0.337 e. The summed E-state index contributed by atoms with van der Waals surface area (Å²) in [5.41, 5.74) is 1.60. The third-order valence-corrected chi connectivity index (χ3v) is 4.49. The molecule has 7 heteroatoms. The van der Waals surface area contributed by atoms with Gasteiger partial charge in [0, 0.05) is 28.8 Å². The molecule has 0 unspecified atom stereocenters. The monoisotopic (exact) mass is 404 g/mol. The van der Waals surface area contributed by atoms with E-state index >= 15 is 0 Å². The molecule has 2 aromatic carbocycles. The van der Waals surface area contributed by atoms with Gasteiger partial charge in [0.2, 0.25) is 0 Å². The summed E-state index contributed by atoms with van der Waals surface area (Å²) in [5.74, 6) is -1.43. The van der Waals surface area contributed by atoms with E-state index in [9.17, 15) is 14.7 Å². The Morgan fingerprint density at radius 1 is 1.08 bits per heavy atom. The molecular weight excluding hydrogens is 388 g/mol. The molecule has 0 bridgehead atoms. The van der Waals surface area contributed by atoms with E-state index in [0.717, 1.165) is 10.2 Å². The minimum atomic E-state index is -1.08. The van der Waals surface area contributed by atoms with Gasteiger partial charge in [-0.05, 0) is 42.5 Å². The Morgan fingerprint density at radius 3 is 2.40 bits per heavy atom. The fourth-order valence-corrected chi connectivity index (χ4v) is 2.90. The van der Waals surface area contributed by atoms with Crippen LogP contribution in [0.2, 0.25) is 0 Å². The predicted octanol–water partition coefficient (Wildman–Crippen LogP) is 3.24. The van der Waals surface area contributed by atoms with Crippen molar-refractivity contribution in [3.63, 3.8) is 0 Å². The number of nitrogens with one attached hydrogen (secondary N) is 1. The van der Waals surface area contributed by atoms with E-state index in [1.165, 1.54) is 0 Å². The molecule has 0 saturated carbocycles. The molecule has 2 aromatic rings. The number of carbonyl (C=O) groups excluding carboxylic acids is 1. The molecule has 1 aliphatic heterocycles. The zero-order valence-corrected chi connectivity index (χ0v) is 15.0. The Kier molecular flexibility index (Phi) is 5.35. The van der Waals surface area contributed by atoms with Gasteiger partial charge in [-0.3, -0.25) is 4.79 Å². The van der Waals surface area contributed by atoms with E-state index in [2.05, 4.69) is 26.1 Å². The van der Waals surface area contributed by atoms with Gasteiger partial charge in [-0.25, -0.2) is 4.79 Å². The number of carboxylic acids is 1. The molecule has 1 heterocycles. The van der Waals surface area contributed by atoms with Crippen LogP contribution in [-0.2, 0) is 4.74 Å². The molecule has 0 radical (unpaired) electrons. The number of hydrogen-bond donors (Lipinski definition) is 2. The molecule has 6 nitrogen and oxygen atoms in total. The van der Waals surface area contributed by atoms with Crippen LogP contribution >= 0.6 is 15.9 Å². The fourth-order valence-electron chi connectivity index (χ4n) is 2.63. The summed E-state index contributed by atoms with van der Waals surface area (Å²) in [6, 6.07) is 11.9. The summed E-state index contributed by atoms with van der Waals surface area (Å²) in [7, 11) is 0. The first-order chi connectivity index (χ1) is 12.0. The van der Waals surface area contributed by atoms with Crippen molar-refractivity contribution in [2.24, 2.45) is 0 Å². The molecule has 0 aromatic heterocycles. The molecule has 3 rings (SSSR count). The van der Waals surface area contributed by atoms with Crippen molar-refractivity contribution in [2.45, 2.75) is 0 Å². The summed E-state index contributed by atoms with van der Waals surface area (Å²) in [6.45, 7) is 2.65. The van der Waals surface area contributed by atoms with Crippen molar-refractivity contribution in [1.82, 2.24) is 0 Å². The molecule has 1 aliphatic rings. The van der Waals surface area contributed by atoms with Crippen LogP contribution in [0.15, 0.2) is 46.9 Å². The highest BCUT2D eigenvalue weighted by Gasteiger charge is 2.18. The number of benzene rings is 2. The number of carboxylic acid groups (broad SMARTS) is 1. The quantitative estimate of drug-likeness (QED) is 0.817. The third-order valence-electron chi connectivity index (χ3n) is 3.96. The maximum atomic E-state index is 12.3. The highest BCUT2D eigenvalue weighted by atomic mass is 79.9. The van der Waals surface area contributed by atoms with Crippen molar-refractivity contribution in [1.29, 1.82) is 0 Å². The lowest BCUT2D eigenvalue weighted by molar-refractivity contribution is 0.0698. The van der Waals surface area contributed by atoms with E-state index < -0.39 is 5.97 Å². The van der Waals surface area contributed by atoms with E-state index in [1.54, 1.807) is 36.4 Å². The van der Waals surface area contributed by atoms with Crippen LogP contribution in [0, 0.1) is 0 Å². The number of aromatic carboxylic acids is 1. The Bertz CT molecular complexity index is 786. The maximum absolute atomic E-state index is 12.3. The number of amides is 1. The summed E-state index contributed by atoms with van der Waals surface area (Å²) in [5, 5.41) is 12.2. The number of carbonyl (C=O) groups is 2. The Labute approximate surface area is 153 Å². The molecule has 1 amide bonds. The lowest BCUT2D eigenvalue weighted by Gasteiger charge is -2.29. The number of hydrogen-bond acceptors (Lipinski definition) is 4. The van der Waals surface area contributed by atoms with Gasteiger partial charge in [0.05, 0.1) is 24.5 Å². The van der Waals surface area contributed by atoms with Crippen LogP contribution in [0.4, 0.5) is 11.4 Å². The molecular formula is C18H17BrN2O4. The van der Waals surface area contributed by atoms with Gasteiger partial charge in [-0.1, -0.05) is 15.9 Å². The van der Waals surface area contributed by atoms with Gasteiger partial charge in [0.25, 0.3) is 5.91 Å². The van der Waals surface area contributed by atoms with Crippen LogP contribution in [0.25, 0.3) is 0 Å². The second kappa shape index (κ2) is 7.67. The van der Waals surface area contributed by atoms with Crippen molar-refractivity contribution >= 4 is 39.2 Å². The van der Waals surface area contributed by atoms with Crippen LogP contribution < -0.4 is 10.2 Å². The molecule has 1 fully saturated rings. The topological polar surface area (TPSA) is 78.9 Å². The highest BCUT2D eigenvalue weighted by molar-refractivity contribution is 9.10. The summed E-state index contributed by atoms with van der Waals surface area (Å²) >= 11 is 3.31. The van der Waals surface area contributed by atoms with Crippen LogP contribution in [0.5, 0.6) is 0 Å². The molecule has 2 N–H and O–H groups in total. The molecule has 0 aliphatic carbocycles.